The number of likely N-dealkylation sites (tertiary alicyclic amines) is 1. The van der Waals surface area contributed by atoms with E-state index in [1.165, 1.54) is 5.70 Å². The second kappa shape index (κ2) is 26.6. The molecule has 0 aromatic rings. The van der Waals surface area contributed by atoms with Crippen LogP contribution in [0, 0.1) is 36.0 Å². The van der Waals surface area contributed by atoms with E-state index in [1.807, 2.05) is 25.7 Å². The zero-order valence-electron chi connectivity index (χ0n) is 35.1. The highest BCUT2D eigenvalue weighted by Gasteiger charge is 2.42. The molecule has 1 fully saturated rings. The van der Waals surface area contributed by atoms with E-state index in [-0.39, 0.29) is 60.9 Å². The summed E-state index contributed by atoms with van der Waals surface area (Å²) in [5.74, 6) is 2.50. The fourth-order valence-electron chi connectivity index (χ4n) is 7.27. The molecule has 0 radical (unpaired) electrons. The molecule has 0 spiro atoms. The highest BCUT2D eigenvalue weighted by atomic mass is 16.5. The van der Waals surface area contributed by atoms with Gasteiger partial charge in [-0.1, -0.05) is 86.5 Å². The average molecular weight is 746 g/mol. The van der Waals surface area contributed by atoms with Gasteiger partial charge in [0.15, 0.2) is 0 Å². The van der Waals surface area contributed by atoms with Crippen molar-refractivity contribution in [3.8, 4) is 12.3 Å². The molecule has 0 saturated carbocycles. The van der Waals surface area contributed by atoms with Gasteiger partial charge in [-0.25, -0.2) is 0 Å². The van der Waals surface area contributed by atoms with Gasteiger partial charge in [0.05, 0.1) is 55.3 Å². The van der Waals surface area contributed by atoms with Crippen LogP contribution in [0.1, 0.15) is 100 Å². The molecule has 304 valence electrons. The van der Waals surface area contributed by atoms with Crippen LogP contribution in [0.2, 0.25) is 0 Å². The summed E-state index contributed by atoms with van der Waals surface area (Å²) < 4.78 is 12.0. The van der Waals surface area contributed by atoms with E-state index in [0.29, 0.717) is 24.8 Å². The minimum atomic E-state index is -0.550. The van der Waals surface area contributed by atoms with Gasteiger partial charge in [0.25, 0.3) is 0 Å². The Kier molecular flexibility index (Phi) is 25.0. The maximum atomic E-state index is 14.0. The molecule has 0 aliphatic carbocycles. The van der Waals surface area contributed by atoms with E-state index in [2.05, 4.69) is 75.8 Å². The molecular weight excluding hydrogens is 670 g/mol. The second-order valence-corrected chi connectivity index (χ2v) is 15.0. The third-order valence-electron chi connectivity index (χ3n) is 10.3. The number of carbonyl (C=O) groups excluding carboxylic acids is 3. The summed E-state index contributed by atoms with van der Waals surface area (Å²) in [7, 11) is 7.16. The van der Waals surface area contributed by atoms with Crippen molar-refractivity contribution in [1.82, 2.24) is 20.4 Å². The topological polar surface area (TPSA) is 146 Å². The number of ether oxygens (including phenoxy) is 2. The number of methoxy groups -OCH3 is 2. The van der Waals surface area contributed by atoms with E-state index in [4.69, 9.17) is 21.6 Å². The van der Waals surface area contributed by atoms with E-state index in [9.17, 15) is 19.5 Å². The number of amides is 3. The summed E-state index contributed by atoms with van der Waals surface area (Å²) in [6, 6.07) is -0.904. The molecule has 5 N–H and O–H groups in total. The molecule has 1 saturated heterocycles. The number of nitrogens with one attached hydrogen (secondary N) is 2. The van der Waals surface area contributed by atoms with Gasteiger partial charge < -0.3 is 40.7 Å². The summed E-state index contributed by atoms with van der Waals surface area (Å²) in [6.45, 7) is 20.9. The lowest BCUT2D eigenvalue weighted by atomic mass is 9.89. The lowest BCUT2D eigenvalue weighted by Crippen LogP contribution is -2.53. The molecule has 8 atom stereocenters. The predicted octanol–water partition coefficient (Wildman–Crippen LogP) is 5.05. The monoisotopic (exact) mass is 746 g/mol. The van der Waals surface area contributed by atoms with Crippen molar-refractivity contribution >= 4 is 17.7 Å². The van der Waals surface area contributed by atoms with Crippen molar-refractivity contribution in [2.24, 2.45) is 29.4 Å². The standard InChI is InChI=1S/C36H61N3O5.C6H14N2O/c1-12-17-28(15-4)22-29(24-40)37-36(42)27(8)35(44-11)31-19-16-20-39(31)33(41)23-32(43-10)34(26(7)14-3)38(9)30(18-13-2)21-25(5)6;1-4(2)5(8-3)6(7)9/h1,15,17-18,25-27,29,31-32,34-35,40H,4,13-14,16,19-24H2,2-3,5-11H3,(H,37,42);4-5,8H,1-3H3,(H2,7,9)/b28-17+,30-18+;. The van der Waals surface area contributed by atoms with Crippen molar-refractivity contribution < 1.29 is 29.0 Å². The summed E-state index contributed by atoms with van der Waals surface area (Å²) in [6.07, 6.45) is 15.2. The first-order valence-corrected chi connectivity index (χ1v) is 19.5. The number of aliphatic hydroxyl groups is 1. The minimum Gasteiger partial charge on any atom is -0.394 e. The van der Waals surface area contributed by atoms with Crippen LogP contribution in [0.15, 0.2) is 36.1 Å². The van der Waals surface area contributed by atoms with Gasteiger partial charge in [0.2, 0.25) is 17.7 Å². The van der Waals surface area contributed by atoms with Gasteiger partial charge in [0, 0.05) is 33.5 Å². The Labute approximate surface area is 322 Å². The molecule has 0 bridgehead atoms. The molecule has 0 aromatic carbocycles. The molecule has 3 amide bonds. The SMILES string of the molecule is C#C/C=C(\C=C)CC(CO)NC(=O)C(C)C(OC)C1CCCN1C(=O)CC(OC)C(C(C)CC)N(C)/C(=C/CC)CC(C)C.CNC(C(N)=O)C(C)C. The number of carbonyl (C=O) groups is 3. The largest absolute Gasteiger partial charge is 0.394 e. The lowest BCUT2D eigenvalue weighted by Gasteiger charge is -2.41. The molecule has 1 aliphatic heterocycles. The smallest absolute Gasteiger partial charge is 0.234 e. The second-order valence-electron chi connectivity index (χ2n) is 15.0. The molecule has 11 nitrogen and oxygen atoms in total. The predicted molar refractivity (Wildman–Crippen MR) is 217 cm³/mol. The Hall–Kier alpha value is -3.17. The Morgan fingerprint density at radius 2 is 1.74 bits per heavy atom. The summed E-state index contributed by atoms with van der Waals surface area (Å²) in [4.78, 5) is 42.1. The summed E-state index contributed by atoms with van der Waals surface area (Å²) >= 11 is 0. The number of aliphatic hydroxyl groups excluding tert-OH is 1. The Balaban J connectivity index is 0.00000264. The van der Waals surface area contributed by atoms with Crippen molar-refractivity contribution in [3.05, 3.63) is 36.1 Å². The van der Waals surface area contributed by atoms with Crippen LogP contribution in [-0.4, -0.2) is 110 Å². The molecule has 53 heavy (non-hydrogen) atoms. The van der Waals surface area contributed by atoms with E-state index < -0.39 is 18.1 Å². The quantitative estimate of drug-likeness (QED) is 0.0841. The Morgan fingerprint density at radius 1 is 1.09 bits per heavy atom. The molecule has 1 heterocycles. The number of primary amides is 1. The molecule has 0 aromatic heterocycles. The number of nitrogens with two attached hydrogens (primary N) is 1. The van der Waals surface area contributed by atoms with Crippen molar-refractivity contribution in [3.63, 3.8) is 0 Å². The number of hydrogen-bond donors (Lipinski definition) is 4. The first-order chi connectivity index (χ1) is 25.0. The van der Waals surface area contributed by atoms with Gasteiger partial charge in [-0.15, -0.1) is 6.42 Å². The van der Waals surface area contributed by atoms with Crippen molar-refractivity contribution in [2.75, 3.05) is 41.5 Å². The summed E-state index contributed by atoms with van der Waals surface area (Å²) in [5.41, 5.74) is 7.09. The number of terminal acetylenes is 1. The molecular formula is C42H75N5O6. The number of hydrogen-bond acceptors (Lipinski definition) is 8. The van der Waals surface area contributed by atoms with Crippen molar-refractivity contribution in [1.29, 1.82) is 0 Å². The van der Waals surface area contributed by atoms with Gasteiger partial charge in [-0.3, -0.25) is 14.4 Å². The van der Waals surface area contributed by atoms with Gasteiger partial charge in [-0.2, -0.15) is 0 Å². The number of allylic oxidation sites excluding steroid dienone is 4. The van der Waals surface area contributed by atoms with Gasteiger partial charge in [0.1, 0.15) is 0 Å². The molecule has 8 unspecified atom stereocenters. The molecule has 1 rings (SSSR count). The number of nitrogens with zero attached hydrogens (tertiary/aromatic N) is 2. The van der Waals surface area contributed by atoms with E-state index in [1.54, 1.807) is 33.4 Å². The maximum Gasteiger partial charge on any atom is 0.234 e. The first kappa shape index (κ1) is 49.8. The third-order valence-corrected chi connectivity index (χ3v) is 10.3. The molecule has 11 heteroatoms. The maximum absolute atomic E-state index is 14.0. The molecule has 1 aliphatic rings. The van der Waals surface area contributed by atoms with E-state index in [0.717, 1.165) is 37.7 Å². The van der Waals surface area contributed by atoms with Crippen LogP contribution in [0.25, 0.3) is 0 Å². The number of likely N-dealkylation sites (N-methyl/N-ethyl adjacent to an activating group) is 2. The van der Waals surface area contributed by atoms with Gasteiger partial charge in [-0.05, 0) is 68.6 Å². The van der Waals surface area contributed by atoms with Crippen LogP contribution >= 0.6 is 0 Å². The van der Waals surface area contributed by atoms with Crippen LogP contribution in [-0.2, 0) is 23.9 Å². The highest BCUT2D eigenvalue weighted by Crippen LogP contribution is 2.31. The number of rotatable bonds is 23. The van der Waals surface area contributed by atoms with Crippen molar-refractivity contribution in [2.45, 2.75) is 137 Å². The minimum absolute atomic E-state index is 0.0175. The van der Waals surface area contributed by atoms with Crippen LogP contribution < -0.4 is 16.4 Å². The fraction of sp³-hybridized carbons (Fsp3) is 0.738. The Bertz CT molecular complexity index is 1210. The normalized spacial score (nSPS) is 18.9. The van der Waals surface area contributed by atoms with Crippen LogP contribution in [0.4, 0.5) is 0 Å². The lowest BCUT2D eigenvalue weighted by molar-refractivity contribution is -0.143. The van der Waals surface area contributed by atoms with Crippen LogP contribution in [0.5, 0.6) is 0 Å². The zero-order chi connectivity index (χ0) is 40.8. The highest BCUT2D eigenvalue weighted by molar-refractivity contribution is 5.81. The first-order valence-electron chi connectivity index (χ1n) is 19.5. The van der Waals surface area contributed by atoms with Crippen LogP contribution in [0.3, 0.4) is 0 Å². The third kappa shape index (κ3) is 16.4. The summed E-state index contributed by atoms with van der Waals surface area (Å²) in [5, 5.41) is 15.7. The fourth-order valence-corrected chi connectivity index (χ4v) is 7.27. The zero-order valence-corrected chi connectivity index (χ0v) is 35.1. The van der Waals surface area contributed by atoms with Gasteiger partial charge >= 0.3 is 0 Å². The Morgan fingerprint density at radius 3 is 2.15 bits per heavy atom. The van der Waals surface area contributed by atoms with E-state index >= 15 is 0 Å². The average Bonchev–Trinajstić information content (AvgIpc) is 3.60.